The van der Waals surface area contributed by atoms with E-state index in [1.54, 1.807) is 7.05 Å². The molecule has 3 rings (SSSR count). The third-order valence-corrected chi connectivity index (χ3v) is 4.65. The van der Waals surface area contributed by atoms with E-state index in [9.17, 15) is 14.0 Å². The van der Waals surface area contributed by atoms with Crippen LogP contribution in [0.15, 0.2) is 24.3 Å². The summed E-state index contributed by atoms with van der Waals surface area (Å²) >= 11 is 1.38. The molecule has 1 heterocycles. The van der Waals surface area contributed by atoms with Gasteiger partial charge in [-0.05, 0) is 37.1 Å². The van der Waals surface area contributed by atoms with Crippen LogP contribution in [0.1, 0.15) is 33.3 Å². The molecule has 0 saturated carbocycles. The third-order valence-electron chi connectivity index (χ3n) is 3.61. The van der Waals surface area contributed by atoms with E-state index in [0.717, 1.165) is 23.4 Å². The molecule has 2 N–H and O–H groups in total. The molecule has 0 bridgehead atoms. The van der Waals surface area contributed by atoms with Gasteiger partial charge in [-0.1, -0.05) is 0 Å². The van der Waals surface area contributed by atoms with Crippen LogP contribution in [0.4, 0.5) is 9.52 Å². The molecule has 114 valence electrons. The van der Waals surface area contributed by atoms with Gasteiger partial charge >= 0.3 is 0 Å². The first kappa shape index (κ1) is 14.6. The highest BCUT2D eigenvalue weighted by Crippen LogP contribution is 2.38. The van der Waals surface area contributed by atoms with Crippen molar-refractivity contribution in [3.05, 3.63) is 46.2 Å². The van der Waals surface area contributed by atoms with Crippen LogP contribution < -0.4 is 10.6 Å². The van der Waals surface area contributed by atoms with Gasteiger partial charge in [0.05, 0.1) is 11.6 Å². The first-order valence-corrected chi connectivity index (χ1v) is 7.68. The summed E-state index contributed by atoms with van der Waals surface area (Å²) in [7, 11) is 1.60. The molecule has 0 fully saturated rings. The van der Waals surface area contributed by atoms with Crippen molar-refractivity contribution in [2.24, 2.45) is 0 Å². The van der Waals surface area contributed by atoms with Crippen LogP contribution in [0.5, 0.6) is 0 Å². The summed E-state index contributed by atoms with van der Waals surface area (Å²) < 4.78 is 12.9. The van der Waals surface area contributed by atoms with Crippen molar-refractivity contribution in [2.75, 3.05) is 12.4 Å². The molecule has 0 spiro atoms. The molecule has 2 amide bonds. The van der Waals surface area contributed by atoms with Crippen LogP contribution in [-0.4, -0.2) is 23.8 Å². The average Bonchev–Trinajstić information content (AvgIpc) is 3.06. The number of anilines is 1. The maximum Gasteiger partial charge on any atom is 0.257 e. The number of hydrogen-bond donors (Lipinski definition) is 2. The monoisotopic (exact) mass is 319 g/mol. The molecule has 0 saturated heterocycles. The van der Waals surface area contributed by atoms with Crippen molar-refractivity contribution < 1.29 is 14.0 Å². The fourth-order valence-electron chi connectivity index (χ4n) is 2.48. The molecule has 22 heavy (non-hydrogen) atoms. The van der Waals surface area contributed by atoms with Crippen LogP contribution in [0.2, 0.25) is 0 Å². The van der Waals surface area contributed by atoms with Gasteiger partial charge in [-0.2, -0.15) is 0 Å². The van der Waals surface area contributed by atoms with Crippen molar-refractivity contribution in [3.63, 3.8) is 0 Å². The van der Waals surface area contributed by atoms with Crippen LogP contribution in [0.3, 0.4) is 0 Å². The number of thiazole rings is 1. The number of benzene rings is 1. The highest BCUT2D eigenvalue weighted by Gasteiger charge is 2.32. The fraction of sp³-hybridized carbons (Fsp3) is 0.267. The Morgan fingerprint density at radius 3 is 2.73 bits per heavy atom. The molecule has 1 aromatic heterocycles. The lowest BCUT2D eigenvalue weighted by Gasteiger charge is -2.06. The Hall–Kier alpha value is -2.28. The van der Waals surface area contributed by atoms with Gasteiger partial charge in [0.2, 0.25) is 5.91 Å². The molecule has 5 nitrogen and oxygen atoms in total. The number of nitrogens with zero attached hydrogens (tertiary/aromatic N) is 1. The van der Waals surface area contributed by atoms with Gasteiger partial charge in [-0.15, -0.1) is 11.3 Å². The zero-order valence-corrected chi connectivity index (χ0v) is 12.7. The first-order valence-electron chi connectivity index (χ1n) is 6.86. The van der Waals surface area contributed by atoms with Crippen molar-refractivity contribution in [3.8, 4) is 0 Å². The summed E-state index contributed by atoms with van der Waals surface area (Å²) in [4.78, 5) is 29.3. The zero-order chi connectivity index (χ0) is 15.7. The van der Waals surface area contributed by atoms with E-state index < -0.39 is 5.82 Å². The van der Waals surface area contributed by atoms with E-state index in [2.05, 4.69) is 15.6 Å². The van der Waals surface area contributed by atoms with E-state index >= 15 is 0 Å². The molecule has 1 aliphatic carbocycles. The predicted molar refractivity (Wildman–Crippen MR) is 81.6 cm³/mol. The normalized spacial score (nSPS) is 16.2. The number of nitrogens with one attached hydrogen (secondary N) is 2. The van der Waals surface area contributed by atoms with Crippen LogP contribution >= 0.6 is 11.3 Å². The summed E-state index contributed by atoms with van der Waals surface area (Å²) in [6.07, 6.45) is 1.54. The second-order valence-corrected chi connectivity index (χ2v) is 6.08. The Labute approximate surface area is 130 Å². The Morgan fingerprint density at radius 1 is 1.32 bits per heavy atom. The number of aryl methyl sites for hydroxylation is 1. The van der Waals surface area contributed by atoms with E-state index in [0.29, 0.717) is 10.7 Å². The molecule has 0 aliphatic heterocycles. The minimum Gasteiger partial charge on any atom is -0.359 e. The number of carbonyl (C=O) groups is 2. The molecule has 1 aromatic carbocycles. The smallest absolute Gasteiger partial charge is 0.257 e. The van der Waals surface area contributed by atoms with Gasteiger partial charge in [-0.25, -0.2) is 9.37 Å². The summed E-state index contributed by atoms with van der Waals surface area (Å²) in [5.41, 5.74) is 1.11. The first-order chi connectivity index (χ1) is 10.6. The Balaban J connectivity index is 1.76. The summed E-state index contributed by atoms with van der Waals surface area (Å²) in [5, 5.41) is 5.80. The van der Waals surface area contributed by atoms with Crippen molar-refractivity contribution in [2.45, 2.75) is 18.8 Å². The second kappa shape index (κ2) is 5.84. The molecule has 1 unspecified atom stereocenters. The van der Waals surface area contributed by atoms with Gasteiger partial charge in [0.15, 0.2) is 5.13 Å². The van der Waals surface area contributed by atoms with E-state index in [4.69, 9.17) is 0 Å². The van der Waals surface area contributed by atoms with Gasteiger partial charge < -0.3 is 5.32 Å². The molecule has 2 aromatic rings. The van der Waals surface area contributed by atoms with Crippen LogP contribution in [-0.2, 0) is 11.2 Å². The summed E-state index contributed by atoms with van der Waals surface area (Å²) in [6, 6.07) is 5.30. The maximum absolute atomic E-state index is 12.9. The molecule has 1 aliphatic rings. The summed E-state index contributed by atoms with van der Waals surface area (Å²) in [5.74, 6) is -1.03. The number of aromatic nitrogens is 1. The number of hydrogen-bond acceptors (Lipinski definition) is 4. The Bertz CT molecular complexity index is 727. The minimum absolute atomic E-state index is 0.0551. The van der Waals surface area contributed by atoms with E-state index in [1.807, 2.05) is 0 Å². The van der Waals surface area contributed by atoms with Crippen LogP contribution in [0, 0.1) is 5.82 Å². The molecule has 7 heteroatoms. The largest absolute Gasteiger partial charge is 0.359 e. The number of amides is 2. The van der Waals surface area contributed by atoms with Crippen LogP contribution in [0.25, 0.3) is 0 Å². The van der Waals surface area contributed by atoms with E-state index in [-0.39, 0.29) is 17.7 Å². The number of likely N-dealkylation sites (N-methyl/N-ethyl adjacent to an activating group) is 1. The average molecular weight is 319 g/mol. The lowest BCUT2D eigenvalue weighted by Crippen LogP contribution is -2.24. The maximum atomic E-state index is 12.9. The number of rotatable bonds is 3. The quantitative estimate of drug-likeness (QED) is 0.912. The summed E-state index contributed by atoms with van der Waals surface area (Å²) in [6.45, 7) is 0. The van der Waals surface area contributed by atoms with Crippen molar-refractivity contribution in [1.29, 1.82) is 0 Å². The second-order valence-electron chi connectivity index (χ2n) is 4.99. The lowest BCUT2D eigenvalue weighted by molar-refractivity contribution is -0.122. The lowest BCUT2D eigenvalue weighted by atomic mass is 10.1. The zero-order valence-electron chi connectivity index (χ0n) is 11.9. The molecular weight excluding hydrogens is 305 g/mol. The van der Waals surface area contributed by atoms with Gasteiger partial charge in [0.1, 0.15) is 5.82 Å². The van der Waals surface area contributed by atoms with Gasteiger partial charge in [0, 0.05) is 17.5 Å². The molecule has 1 atom stereocenters. The minimum atomic E-state index is -0.391. The highest BCUT2D eigenvalue weighted by atomic mass is 32.1. The fourth-order valence-corrected chi connectivity index (χ4v) is 3.51. The SMILES string of the molecule is CNC(=O)C1CCc2sc(NC(=O)c3ccc(F)cc3)nc21. The van der Waals surface area contributed by atoms with Gasteiger partial charge in [-0.3, -0.25) is 14.9 Å². The molecule has 0 radical (unpaired) electrons. The third kappa shape index (κ3) is 2.71. The number of halogens is 1. The Kier molecular flexibility index (Phi) is 3.89. The number of fused-ring (bicyclic) bond motifs is 1. The van der Waals surface area contributed by atoms with Gasteiger partial charge in [0.25, 0.3) is 5.91 Å². The topological polar surface area (TPSA) is 71.1 Å². The van der Waals surface area contributed by atoms with E-state index in [1.165, 1.54) is 35.6 Å². The predicted octanol–water partition coefficient (Wildman–Crippen LogP) is 2.31. The number of carbonyl (C=O) groups excluding carboxylic acids is 2. The Morgan fingerprint density at radius 2 is 2.05 bits per heavy atom. The van der Waals surface area contributed by atoms with Crippen molar-refractivity contribution >= 4 is 28.3 Å². The molecular formula is C15H14FN3O2S. The highest BCUT2D eigenvalue weighted by molar-refractivity contribution is 7.16. The standard InChI is InChI=1S/C15H14FN3O2S/c1-17-14(21)10-6-7-11-12(10)18-15(22-11)19-13(20)8-2-4-9(16)5-3-8/h2-5,10H,6-7H2,1H3,(H,17,21)(H,18,19,20). The van der Waals surface area contributed by atoms with Crippen molar-refractivity contribution in [1.82, 2.24) is 10.3 Å².